The van der Waals surface area contributed by atoms with Gasteiger partial charge in [0.2, 0.25) is 0 Å². The summed E-state index contributed by atoms with van der Waals surface area (Å²) < 4.78 is 12.9. The minimum Gasteiger partial charge on any atom is -0.300 e. The summed E-state index contributed by atoms with van der Waals surface area (Å²) in [5.74, 6) is -0.530. The largest absolute Gasteiger partial charge is 0.300 e. The molecule has 0 aliphatic carbocycles. The summed E-state index contributed by atoms with van der Waals surface area (Å²) in [5, 5.41) is 3.83. The molecule has 1 amide bonds. The predicted molar refractivity (Wildman–Crippen MR) is 88.7 cm³/mol. The highest BCUT2D eigenvalue weighted by atomic mass is 35.5. The van der Waals surface area contributed by atoms with Crippen molar-refractivity contribution in [3.8, 4) is 0 Å². The number of rotatable bonds is 2. The van der Waals surface area contributed by atoms with Gasteiger partial charge in [0, 0.05) is 5.02 Å². The highest BCUT2D eigenvalue weighted by Crippen LogP contribution is 2.28. The predicted octanol–water partition coefficient (Wildman–Crippen LogP) is 4.37. The van der Waals surface area contributed by atoms with E-state index >= 15 is 0 Å². The molecular formula is C16H10ClFN2OS. The summed E-state index contributed by atoms with van der Waals surface area (Å²) in [7, 11) is 0. The molecule has 2 aromatic rings. The van der Waals surface area contributed by atoms with Crippen LogP contribution in [-0.2, 0) is 4.79 Å². The van der Waals surface area contributed by atoms with E-state index < -0.39 is 0 Å². The van der Waals surface area contributed by atoms with Gasteiger partial charge in [-0.2, -0.15) is 0 Å². The van der Waals surface area contributed by atoms with E-state index in [2.05, 4.69) is 10.3 Å². The van der Waals surface area contributed by atoms with Gasteiger partial charge in [0.25, 0.3) is 5.91 Å². The van der Waals surface area contributed by atoms with Crippen molar-refractivity contribution in [3.05, 3.63) is 69.8 Å². The zero-order valence-corrected chi connectivity index (χ0v) is 12.8. The second-order valence-corrected chi connectivity index (χ2v) is 5.98. The number of amidine groups is 1. The highest BCUT2D eigenvalue weighted by Gasteiger charge is 2.23. The first-order valence-electron chi connectivity index (χ1n) is 6.41. The third kappa shape index (κ3) is 3.55. The number of carbonyl (C=O) groups is 1. The number of halogens is 2. The van der Waals surface area contributed by atoms with Crippen molar-refractivity contribution in [2.24, 2.45) is 4.99 Å². The molecule has 1 aliphatic heterocycles. The van der Waals surface area contributed by atoms with Crippen LogP contribution >= 0.6 is 23.4 Å². The molecule has 2 aromatic carbocycles. The molecule has 1 aliphatic rings. The van der Waals surface area contributed by atoms with Crippen molar-refractivity contribution in [2.45, 2.75) is 0 Å². The first-order valence-corrected chi connectivity index (χ1v) is 7.60. The maximum absolute atomic E-state index is 12.9. The van der Waals surface area contributed by atoms with E-state index in [-0.39, 0.29) is 11.7 Å². The molecule has 0 spiro atoms. The van der Waals surface area contributed by atoms with Crippen molar-refractivity contribution in [2.75, 3.05) is 0 Å². The lowest BCUT2D eigenvalue weighted by Crippen LogP contribution is -2.19. The summed E-state index contributed by atoms with van der Waals surface area (Å²) in [6, 6.07) is 12.9. The molecule has 1 saturated heterocycles. The molecule has 3 nitrogen and oxygen atoms in total. The normalized spacial score (nSPS) is 18.0. The number of nitrogens with one attached hydrogen (secondary N) is 1. The Labute approximate surface area is 135 Å². The van der Waals surface area contributed by atoms with Crippen molar-refractivity contribution < 1.29 is 9.18 Å². The molecular weight excluding hydrogens is 323 g/mol. The SMILES string of the molecule is O=C1NC(=Nc2ccc(Cl)cc2)S/C1=C/c1ccc(F)cc1. The van der Waals surface area contributed by atoms with Gasteiger partial charge in [0.1, 0.15) is 5.82 Å². The molecule has 1 fully saturated rings. The minimum atomic E-state index is -0.310. The maximum atomic E-state index is 12.9. The fraction of sp³-hybridized carbons (Fsp3) is 0. The minimum absolute atomic E-state index is 0.220. The van der Waals surface area contributed by atoms with Gasteiger partial charge in [0.05, 0.1) is 10.6 Å². The van der Waals surface area contributed by atoms with Crippen molar-refractivity contribution >= 4 is 46.2 Å². The van der Waals surface area contributed by atoms with Gasteiger partial charge in [0.15, 0.2) is 5.17 Å². The van der Waals surface area contributed by atoms with E-state index in [9.17, 15) is 9.18 Å². The Bertz CT molecular complexity index is 770. The number of amides is 1. The molecule has 0 unspecified atom stereocenters. The lowest BCUT2D eigenvalue weighted by molar-refractivity contribution is -0.115. The average Bonchev–Trinajstić information content (AvgIpc) is 2.84. The number of nitrogens with zero attached hydrogens (tertiary/aromatic N) is 1. The number of aliphatic imine (C=N–C) groups is 1. The quantitative estimate of drug-likeness (QED) is 0.830. The molecule has 22 heavy (non-hydrogen) atoms. The third-order valence-electron chi connectivity index (χ3n) is 2.88. The molecule has 110 valence electrons. The molecule has 1 N–H and O–H groups in total. The number of thioether (sulfide) groups is 1. The van der Waals surface area contributed by atoms with Gasteiger partial charge in [-0.25, -0.2) is 9.38 Å². The van der Waals surface area contributed by atoms with Crippen LogP contribution in [0.2, 0.25) is 5.02 Å². The Kier molecular flexibility index (Phi) is 4.27. The fourth-order valence-corrected chi connectivity index (χ4v) is 2.79. The van der Waals surface area contributed by atoms with Gasteiger partial charge in [-0.15, -0.1) is 0 Å². The highest BCUT2D eigenvalue weighted by molar-refractivity contribution is 8.18. The molecule has 0 radical (unpaired) electrons. The van der Waals surface area contributed by atoms with Crippen molar-refractivity contribution in [1.82, 2.24) is 5.32 Å². The number of benzene rings is 2. The lowest BCUT2D eigenvalue weighted by Gasteiger charge is -1.96. The summed E-state index contributed by atoms with van der Waals surface area (Å²) in [6.45, 7) is 0. The first-order chi connectivity index (χ1) is 10.6. The molecule has 6 heteroatoms. The van der Waals surface area contributed by atoms with Crippen molar-refractivity contribution in [3.63, 3.8) is 0 Å². The maximum Gasteiger partial charge on any atom is 0.264 e. The molecule has 0 atom stereocenters. The standard InChI is InChI=1S/C16H10ClFN2OS/c17-11-3-7-13(8-4-11)19-16-20-15(21)14(22-16)9-10-1-5-12(18)6-2-10/h1-9H,(H,19,20,21)/b14-9+. The Morgan fingerprint density at radius 1 is 1.09 bits per heavy atom. The topological polar surface area (TPSA) is 41.5 Å². The zero-order valence-electron chi connectivity index (χ0n) is 11.2. The molecule has 1 heterocycles. The van der Waals surface area contributed by atoms with Crippen LogP contribution in [0.4, 0.5) is 10.1 Å². The van der Waals surface area contributed by atoms with Crippen LogP contribution in [0, 0.1) is 5.82 Å². The van der Waals surface area contributed by atoms with E-state index in [0.29, 0.717) is 20.8 Å². The first kappa shape index (κ1) is 14.8. The summed E-state index contributed by atoms with van der Waals surface area (Å²) in [4.78, 5) is 16.8. The van der Waals surface area contributed by atoms with E-state index in [4.69, 9.17) is 11.6 Å². The second-order valence-electron chi connectivity index (χ2n) is 4.51. The van der Waals surface area contributed by atoms with Crippen molar-refractivity contribution in [1.29, 1.82) is 0 Å². The van der Waals surface area contributed by atoms with E-state index in [1.807, 2.05) is 0 Å². The summed E-state index contributed by atoms with van der Waals surface area (Å²) >= 11 is 7.06. The van der Waals surface area contributed by atoms with Crippen LogP contribution in [0.25, 0.3) is 6.08 Å². The van der Waals surface area contributed by atoms with Crippen LogP contribution in [0.5, 0.6) is 0 Å². The monoisotopic (exact) mass is 332 g/mol. The average molecular weight is 333 g/mol. The van der Waals surface area contributed by atoms with Gasteiger partial charge in [-0.05, 0) is 59.8 Å². The summed E-state index contributed by atoms with van der Waals surface area (Å²) in [5.41, 5.74) is 1.46. The van der Waals surface area contributed by atoms with E-state index in [1.165, 1.54) is 23.9 Å². The van der Waals surface area contributed by atoms with Crippen LogP contribution in [0.3, 0.4) is 0 Å². The van der Waals surface area contributed by atoms with Gasteiger partial charge < -0.3 is 5.32 Å². The zero-order chi connectivity index (χ0) is 15.5. The number of hydrogen-bond acceptors (Lipinski definition) is 3. The Morgan fingerprint density at radius 3 is 2.45 bits per heavy atom. The fourth-order valence-electron chi connectivity index (χ4n) is 1.82. The van der Waals surface area contributed by atoms with Crippen LogP contribution < -0.4 is 5.32 Å². The van der Waals surface area contributed by atoms with Gasteiger partial charge in [-0.1, -0.05) is 23.7 Å². The molecule has 3 rings (SSSR count). The Morgan fingerprint density at radius 2 is 1.77 bits per heavy atom. The molecule has 0 bridgehead atoms. The summed E-state index contributed by atoms with van der Waals surface area (Å²) in [6.07, 6.45) is 1.70. The van der Waals surface area contributed by atoms with E-state index in [1.54, 1.807) is 42.5 Å². The lowest BCUT2D eigenvalue weighted by atomic mass is 10.2. The Balaban J connectivity index is 1.80. The van der Waals surface area contributed by atoms with Crippen LogP contribution in [0.15, 0.2) is 58.4 Å². The number of carbonyl (C=O) groups excluding carboxylic acids is 1. The van der Waals surface area contributed by atoms with Gasteiger partial charge in [-0.3, -0.25) is 4.79 Å². The second kappa shape index (κ2) is 6.34. The molecule has 0 aromatic heterocycles. The van der Waals surface area contributed by atoms with E-state index in [0.717, 1.165) is 5.56 Å². The third-order valence-corrected chi connectivity index (χ3v) is 4.04. The van der Waals surface area contributed by atoms with Gasteiger partial charge >= 0.3 is 0 Å². The van der Waals surface area contributed by atoms with Crippen LogP contribution in [-0.4, -0.2) is 11.1 Å². The number of hydrogen-bond donors (Lipinski definition) is 1. The Hall–Kier alpha value is -2.11. The smallest absolute Gasteiger partial charge is 0.264 e. The van der Waals surface area contributed by atoms with Crippen LogP contribution in [0.1, 0.15) is 5.56 Å². The molecule has 0 saturated carbocycles.